The summed E-state index contributed by atoms with van der Waals surface area (Å²) in [6, 6.07) is 0. The molecule has 0 rings (SSSR count). The van der Waals surface area contributed by atoms with E-state index in [4.69, 9.17) is 11.5 Å². The van der Waals surface area contributed by atoms with E-state index in [1.54, 1.807) is 0 Å². The number of thiocarbonyl (C=S) groups is 2. The second-order valence-corrected chi connectivity index (χ2v) is 1.85. The summed E-state index contributed by atoms with van der Waals surface area (Å²) in [5, 5.41) is 0.176. The van der Waals surface area contributed by atoms with Gasteiger partial charge in [0.05, 0.1) is 14.2 Å². The number of rotatable bonds is 0. The Bertz CT molecular complexity index is 109. The van der Waals surface area contributed by atoms with Crippen LogP contribution in [0.5, 0.6) is 0 Å². The molecule has 0 heterocycles. The maximum atomic E-state index is 4.80. The topological polar surface area (TPSA) is 70.5 Å². The molecular weight excluding hydrogens is 238 g/mol. The zero-order valence-electron chi connectivity index (χ0n) is 6.49. The SMILES string of the molecule is COC(N)=S.COC(N)=S.[Zn]. The van der Waals surface area contributed by atoms with Crippen LogP contribution in [0.4, 0.5) is 0 Å². The molecule has 62 valence electrons. The molecule has 0 aromatic heterocycles. The van der Waals surface area contributed by atoms with E-state index in [0.29, 0.717) is 0 Å². The molecule has 0 saturated carbocycles. The summed E-state index contributed by atoms with van der Waals surface area (Å²) in [5.74, 6) is 0. The minimum atomic E-state index is 0. The molecule has 0 spiro atoms. The van der Waals surface area contributed by atoms with Gasteiger partial charge in [0.2, 0.25) is 0 Å². The molecule has 11 heavy (non-hydrogen) atoms. The summed E-state index contributed by atoms with van der Waals surface area (Å²) in [5.41, 5.74) is 9.60. The van der Waals surface area contributed by atoms with Crippen molar-refractivity contribution in [1.29, 1.82) is 0 Å². The Balaban J connectivity index is -0.000000107. The monoisotopic (exact) mass is 246 g/mol. The largest absolute Gasteiger partial charge is 0.475 e. The van der Waals surface area contributed by atoms with Gasteiger partial charge in [-0.3, -0.25) is 0 Å². The third-order valence-electron chi connectivity index (χ3n) is 0.402. The Morgan fingerprint density at radius 3 is 1.09 bits per heavy atom. The molecular formula is C4H10N2O2S2Zn. The molecule has 7 heteroatoms. The summed E-state index contributed by atoms with van der Waals surface area (Å²) in [6.07, 6.45) is 0. The number of methoxy groups -OCH3 is 2. The molecule has 0 amide bonds. The molecule has 0 atom stereocenters. The molecule has 0 bridgehead atoms. The van der Waals surface area contributed by atoms with Gasteiger partial charge in [0.25, 0.3) is 10.3 Å². The van der Waals surface area contributed by atoms with Crippen LogP contribution in [-0.4, -0.2) is 24.6 Å². The van der Waals surface area contributed by atoms with E-state index in [2.05, 4.69) is 33.9 Å². The zero-order valence-corrected chi connectivity index (χ0v) is 11.1. The van der Waals surface area contributed by atoms with E-state index in [1.807, 2.05) is 0 Å². The van der Waals surface area contributed by atoms with Gasteiger partial charge in [0, 0.05) is 19.5 Å². The van der Waals surface area contributed by atoms with Crippen LogP contribution in [0.2, 0.25) is 0 Å². The molecule has 0 saturated heterocycles. The fraction of sp³-hybridized carbons (Fsp3) is 0.500. The third kappa shape index (κ3) is 40.0. The Kier molecular flexibility index (Phi) is 19.8. The molecule has 0 aliphatic carbocycles. The van der Waals surface area contributed by atoms with Gasteiger partial charge in [-0.15, -0.1) is 0 Å². The fourth-order valence-electron chi connectivity index (χ4n) is 0. The normalized spacial score (nSPS) is 6.00. The molecule has 0 aromatic carbocycles. The molecule has 0 aliphatic rings. The van der Waals surface area contributed by atoms with Gasteiger partial charge in [-0.2, -0.15) is 0 Å². The molecule has 0 fully saturated rings. The van der Waals surface area contributed by atoms with Crippen LogP contribution in [0.15, 0.2) is 0 Å². The maximum absolute atomic E-state index is 4.80. The minimum Gasteiger partial charge on any atom is -0.475 e. The van der Waals surface area contributed by atoms with Crippen LogP contribution in [0.1, 0.15) is 0 Å². The van der Waals surface area contributed by atoms with Crippen molar-refractivity contribution >= 4 is 34.8 Å². The number of ether oxygens (including phenoxy) is 2. The van der Waals surface area contributed by atoms with Crippen molar-refractivity contribution in [3.05, 3.63) is 0 Å². The smallest absolute Gasteiger partial charge is 0.253 e. The number of nitrogens with two attached hydrogens (primary N) is 2. The van der Waals surface area contributed by atoms with Crippen LogP contribution < -0.4 is 11.5 Å². The quantitative estimate of drug-likeness (QED) is 0.454. The first kappa shape index (κ1) is 17.2. The molecule has 0 aromatic rings. The summed E-state index contributed by atoms with van der Waals surface area (Å²) >= 11 is 8.50. The zero-order chi connectivity index (χ0) is 8.57. The van der Waals surface area contributed by atoms with Crippen LogP contribution in [-0.2, 0) is 29.0 Å². The standard InChI is InChI=1S/2C2H5NOS.Zn/c2*1-4-2(3)5;/h2*1H3,(H2,3,5);. The molecule has 4 N–H and O–H groups in total. The first-order valence-electron chi connectivity index (χ1n) is 2.21. The van der Waals surface area contributed by atoms with Gasteiger partial charge in [-0.05, 0) is 24.4 Å². The summed E-state index contributed by atoms with van der Waals surface area (Å²) in [7, 11) is 2.87. The first-order chi connectivity index (χ1) is 4.54. The van der Waals surface area contributed by atoms with Crippen molar-refractivity contribution in [2.24, 2.45) is 11.5 Å². The predicted octanol–water partition coefficient (Wildman–Crippen LogP) is -0.250. The van der Waals surface area contributed by atoms with Gasteiger partial charge in [0.1, 0.15) is 0 Å². The van der Waals surface area contributed by atoms with Crippen molar-refractivity contribution in [2.75, 3.05) is 14.2 Å². The van der Waals surface area contributed by atoms with Crippen molar-refractivity contribution in [3.8, 4) is 0 Å². The van der Waals surface area contributed by atoms with Crippen molar-refractivity contribution in [1.82, 2.24) is 0 Å². The van der Waals surface area contributed by atoms with E-state index in [0.717, 1.165) is 0 Å². The molecule has 0 unspecified atom stereocenters. The van der Waals surface area contributed by atoms with Gasteiger partial charge in [-0.25, -0.2) is 0 Å². The van der Waals surface area contributed by atoms with Gasteiger partial charge in [-0.1, -0.05) is 0 Å². The second kappa shape index (κ2) is 12.7. The van der Waals surface area contributed by atoms with E-state index in [-0.39, 0.29) is 29.8 Å². The summed E-state index contributed by atoms with van der Waals surface area (Å²) in [6.45, 7) is 0. The van der Waals surface area contributed by atoms with Gasteiger partial charge >= 0.3 is 0 Å². The predicted molar refractivity (Wildman–Crippen MR) is 47.6 cm³/mol. The number of hydrogen-bond acceptors (Lipinski definition) is 4. The van der Waals surface area contributed by atoms with E-state index in [1.165, 1.54) is 14.2 Å². The average molecular weight is 248 g/mol. The second-order valence-electron chi connectivity index (χ2n) is 1.05. The van der Waals surface area contributed by atoms with E-state index in [9.17, 15) is 0 Å². The Morgan fingerprint density at radius 1 is 1.00 bits per heavy atom. The Morgan fingerprint density at radius 2 is 1.09 bits per heavy atom. The summed E-state index contributed by atoms with van der Waals surface area (Å²) < 4.78 is 8.52. The van der Waals surface area contributed by atoms with Crippen LogP contribution in [0.25, 0.3) is 0 Å². The van der Waals surface area contributed by atoms with E-state index >= 15 is 0 Å². The number of hydrogen-bond donors (Lipinski definition) is 2. The molecule has 0 aliphatic heterocycles. The fourth-order valence-corrected chi connectivity index (χ4v) is 0. The Hall–Kier alpha value is 0.00338. The summed E-state index contributed by atoms with van der Waals surface area (Å²) in [4.78, 5) is 0. The van der Waals surface area contributed by atoms with Crippen molar-refractivity contribution in [2.45, 2.75) is 0 Å². The van der Waals surface area contributed by atoms with Gasteiger partial charge in [0.15, 0.2) is 0 Å². The van der Waals surface area contributed by atoms with Crippen molar-refractivity contribution in [3.63, 3.8) is 0 Å². The van der Waals surface area contributed by atoms with E-state index < -0.39 is 0 Å². The van der Waals surface area contributed by atoms with Crippen LogP contribution in [0.3, 0.4) is 0 Å². The maximum Gasteiger partial charge on any atom is 0.253 e. The average Bonchev–Trinajstić information content (AvgIpc) is 1.89. The minimum absolute atomic E-state index is 0. The third-order valence-corrected chi connectivity index (χ3v) is 0.736. The van der Waals surface area contributed by atoms with Crippen LogP contribution >= 0.6 is 24.4 Å². The van der Waals surface area contributed by atoms with Crippen LogP contribution in [0, 0.1) is 0 Å². The van der Waals surface area contributed by atoms with Crippen molar-refractivity contribution < 1.29 is 29.0 Å². The first-order valence-corrected chi connectivity index (χ1v) is 3.03. The van der Waals surface area contributed by atoms with Gasteiger partial charge < -0.3 is 20.9 Å². The Labute approximate surface area is 89.3 Å². The molecule has 0 radical (unpaired) electrons. The molecule has 4 nitrogen and oxygen atoms in total.